The van der Waals surface area contributed by atoms with E-state index in [4.69, 9.17) is 11.6 Å². The largest absolute Gasteiger partial charge is 0.350 e. The van der Waals surface area contributed by atoms with Crippen LogP contribution in [0.3, 0.4) is 0 Å². The molecule has 4 nitrogen and oxygen atoms in total. The first-order chi connectivity index (χ1) is 16.5. The first-order valence-electron chi connectivity index (χ1n) is 11.4. The van der Waals surface area contributed by atoms with E-state index in [1.165, 1.54) is 29.2 Å². The minimum absolute atomic E-state index is 0.0346. The number of rotatable bonds is 8. The van der Waals surface area contributed by atoms with Gasteiger partial charge in [0.05, 0.1) is 6.42 Å². The molecule has 0 bridgehead atoms. The SMILES string of the molecule is CC(C)(C)NC(=O)[C@H](Cc1ccccc1)N(Cc1ccccc1F)C(=O)Cc1c(F)cccc1Cl. The summed E-state index contributed by atoms with van der Waals surface area (Å²) < 4.78 is 29.1. The van der Waals surface area contributed by atoms with Crippen molar-refractivity contribution < 1.29 is 18.4 Å². The topological polar surface area (TPSA) is 49.4 Å². The molecule has 7 heteroatoms. The van der Waals surface area contributed by atoms with Crippen molar-refractivity contribution in [3.05, 3.63) is 106 Å². The average Bonchev–Trinajstić information content (AvgIpc) is 2.79. The number of benzene rings is 3. The normalized spacial score (nSPS) is 12.2. The molecule has 1 N–H and O–H groups in total. The summed E-state index contributed by atoms with van der Waals surface area (Å²) in [6.45, 7) is 5.36. The molecule has 0 saturated heterocycles. The Morgan fingerprint density at radius 1 is 0.914 bits per heavy atom. The van der Waals surface area contributed by atoms with E-state index in [0.29, 0.717) is 0 Å². The van der Waals surface area contributed by atoms with E-state index in [0.717, 1.165) is 5.56 Å². The van der Waals surface area contributed by atoms with Crippen molar-refractivity contribution in [3.8, 4) is 0 Å². The van der Waals surface area contributed by atoms with Crippen LogP contribution >= 0.6 is 11.6 Å². The fourth-order valence-corrected chi connectivity index (χ4v) is 4.00. The van der Waals surface area contributed by atoms with Gasteiger partial charge in [0.15, 0.2) is 0 Å². The standard InChI is InChI=1S/C28H29ClF2N2O2/c1-28(2,3)32-27(35)25(16-19-10-5-4-6-11-19)33(18-20-12-7-8-14-23(20)30)26(34)17-21-22(29)13-9-15-24(21)31/h4-15,25H,16-18H2,1-3H3,(H,32,35)/t25-/m0/s1. The predicted octanol–water partition coefficient (Wildman–Crippen LogP) is 5.72. The Labute approximate surface area is 209 Å². The van der Waals surface area contributed by atoms with E-state index in [9.17, 15) is 18.4 Å². The number of amides is 2. The predicted molar refractivity (Wildman–Crippen MR) is 134 cm³/mol. The molecule has 0 spiro atoms. The highest BCUT2D eigenvalue weighted by Crippen LogP contribution is 2.23. The zero-order chi connectivity index (χ0) is 25.6. The van der Waals surface area contributed by atoms with Gasteiger partial charge >= 0.3 is 0 Å². The molecule has 0 radical (unpaired) electrons. The van der Waals surface area contributed by atoms with E-state index >= 15 is 0 Å². The number of hydrogen-bond donors (Lipinski definition) is 1. The lowest BCUT2D eigenvalue weighted by atomic mass is 9.99. The fraction of sp³-hybridized carbons (Fsp3) is 0.286. The third kappa shape index (κ3) is 7.36. The van der Waals surface area contributed by atoms with Crippen molar-refractivity contribution in [2.75, 3.05) is 0 Å². The first kappa shape index (κ1) is 26.4. The van der Waals surface area contributed by atoms with Gasteiger partial charge in [-0.25, -0.2) is 8.78 Å². The third-order valence-corrected chi connectivity index (χ3v) is 5.81. The summed E-state index contributed by atoms with van der Waals surface area (Å²) in [7, 11) is 0. The third-order valence-electron chi connectivity index (χ3n) is 5.46. The van der Waals surface area contributed by atoms with Gasteiger partial charge in [-0.2, -0.15) is 0 Å². The molecule has 0 aromatic heterocycles. The monoisotopic (exact) mass is 498 g/mol. The van der Waals surface area contributed by atoms with Crippen molar-refractivity contribution in [2.45, 2.75) is 51.7 Å². The van der Waals surface area contributed by atoms with Crippen molar-refractivity contribution in [3.63, 3.8) is 0 Å². The van der Waals surface area contributed by atoms with Crippen LogP contribution in [-0.4, -0.2) is 28.3 Å². The average molecular weight is 499 g/mol. The van der Waals surface area contributed by atoms with Gasteiger partial charge in [0.1, 0.15) is 17.7 Å². The lowest BCUT2D eigenvalue weighted by molar-refractivity contribution is -0.141. The number of hydrogen-bond acceptors (Lipinski definition) is 2. The van der Waals surface area contributed by atoms with Crippen LogP contribution in [0, 0.1) is 11.6 Å². The summed E-state index contributed by atoms with van der Waals surface area (Å²) in [6, 6.07) is 18.6. The molecule has 0 aliphatic rings. The van der Waals surface area contributed by atoms with Crippen molar-refractivity contribution in [1.29, 1.82) is 0 Å². The van der Waals surface area contributed by atoms with Gasteiger partial charge < -0.3 is 10.2 Å². The summed E-state index contributed by atoms with van der Waals surface area (Å²) in [5.74, 6) is -2.03. The first-order valence-corrected chi connectivity index (χ1v) is 11.7. The van der Waals surface area contributed by atoms with Crippen molar-refractivity contribution >= 4 is 23.4 Å². The van der Waals surface area contributed by atoms with E-state index < -0.39 is 29.1 Å². The van der Waals surface area contributed by atoms with Crippen LogP contribution < -0.4 is 5.32 Å². The minimum atomic E-state index is -0.964. The Balaban J connectivity index is 2.04. The zero-order valence-corrected chi connectivity index (χ0v) is 20.8. The maximum atomic E-state index is 14.6. The summed E-state index contributed by atoms with van der Waals surface area (Å²) in [4.78, 5) is 28.4. The van der Waals surface area contributed by atoms with Crippen LogP contribution in [0.5, 0.6) is 0 Å². The second-order valence-electron chi connectivity index (χ2n) is 9.43. The molecule has 184 valence electrons. The lowest BCUT2D eigenvalue weighted by Crippen LogP contribution is -2.54. The molecule has 3 aromatic carbocycles. The van der Waals surface area contributed by atoms with Crippen molar-refractivity contribution in [1.82, 2.24) is 10.2 Å². The molecule has 3 rings (SSSR count). The minimum Gasteiger partial charge on any atom is -0.350 e. The van der Waals surface area contributed by atoms with E-state index in [1.54, 1.807) is 18.2 Å². The van der Waals surface area contributed by atoms with Gasteiger partial charge in [-0.05, 0) is 44.5 Å². The number of halogens is 3. The second-order valence-corrected chi connectivity index (χ2v) is 9.84. The van der Waals surface area contributed by atoms with E-state index in [-0.39, 0.29) is 41.4 Å². The van der Waals surface area contributed by atoms with Crippen LogP contribution in [0.4, 0.5) is 8.78 Å². The van der Waals surface area contributed by atoms with E-state index in [2.05, 4.69) is 5.32 Å². The molecule has 1 atom stereocenters. The summed E-state index contributed by atoms with van der Waals surface area (Å²) in [6.07, 6.45) is -0.165. The highest BCUT2D eigenvalue weighted by atomic mass is 35.5. The number of carbonyl (C=O) groups is 2. The van der Waals surface area contributed by atoms with Crippen LogP contribution in [-0.2, 0) is 29.0 Å². The Kier molecular flexibility index (Phi) is 8.62. The van der Waals surface area contributed by atoms with Crippen LogP contribution in [0.2, 0.25) is 5.02 Å². The van der Waals surface area contributed by atoms with Gasteiger partial charge in [0, 0.05) is 34.7 Å². The number of nitrogens with one attached hydrogen (secondary N) is 1. The van der Waals surface area contributed by atoms with Crippen LogP contribution in [0.15, 0.2) is 72.8 Å². The molecule has 0 aliphatic carbocycles. The summed E-state index contributed by atoms with van der Waals surface area (Å²) in [5.41, 5.74) is 0.555. The van der Waals surface area contributed by atoms with Gasteiger partial charge in [-0.3, -0.25) is 9.59 Å². The Morgan fingerprint density at radius 3 is 2.17 bits per heavy atom. The molecule has 0 heterocycles. The lowest BCUT2D eigenvalue weighted by Gasteiger charge is -2.34. The molecular weight excluding hydrogens is 470 g/mol. The molecule has 0 aliphatic heterocycles. The molecule has 0 fully saturated rings. The molecule has 2 amide bonds. The Morgan fingerprint density at radius 2 is 1.54 bits per heavy atom. The van der Waals surface area contributed by atoms with Gasteiger partial charge in [0.25, 0.3) is 0 Å². The second kappa shape index (κ2) is 11.5. The Hall–Kier alpha value is -3.25. The van der Waals surface area contributed by atoms with Crippen LogP contribution in [0.25, 0.3) is 0 Å². The summed E-state index contributed by atoms with van der Waals surface area (Å²) >= 11 is 6.17. The Bertz CT molecular complexity index is 1160. The molecule has 3 aromatic rings. The van der Waals surface area contributed by atoms with Crippen molar-refractivity contribution in [2.24, 2.45) is 0 Å². The van der Waals surface area contributed by atoms with Gasteiger partial charge in [-0.15, -0.1) is 0 Å². The quantitative estimate of drug-likeness (QED) is 0.432. The molecule has 0 saturated carbocycles. The number of carbonyl (C=O) groups excluding carboxylic acids is 2. The smallest absolute Gasteiger partial charge is 0.243 e. The fourth-order valence-electron chi connectivity index (χ4n) is 3.77. The highest BCUT2D eigenvalue weighted by Gasteiger charge is 2.33. The van der Waals surface area contributed by atoms with Gasteiger partial charge in [0.2, 0.25) is 11.8 Å². The van der Waals surface area contributed by atoms with Crippen LogP contribution in [0.1, 0.15) is 37.5 Å². The molecule has 0 unspecified atom stereocenters. The molecule has 35 heavy (non-hydrogen) atoms. The number of nitrogens with zero attached hydrogens (tertiary/aromatic N) is 1. The van der Waals surface area contributed by atoms with E-state index in [1.807, 2.05) is 51.1 Å². The zero-order valence-electron chi connectivity index (χ0n) is 20.0. The maximum Gasteiger partial charge on any atom is 0.243 e. The highest BCUT2D eigenvalue weighted by molar-refractivity contribution is 6.31. The maximum absolute atomic E-state index is 14.6. The van der Waals surface area contributed by atoms with Gasteiger partial charge in [-0.1, -0.05) is 66.2 Å². The molecular formula is C28H29ClF2N2O2. The summed E-state index contributed by atoms with van der Waals surface area (Å²) in [5, 5.41) is 3.05.